The zero-order chi connectivity index (χ0) is 59.9. The Morgan fingerprint density at radius 3 is 0.771 bits per heavy atom. The number of rotatable bonds is 63. The summed E-state index contributed by atoms with van der Waals surface area (Å²) in [5.74, 6) is -0.922. The fraction of sp³-hybridized carbons (Fsp3) is 0.701. The van der Waals surface area contributed by atoms with Gasteiger partial charge in [0.15, 0.2) is 6.10 Å². The number of hydrogen-bond acceptors (Lipinski definition) is 6. The Bertz CT molecular complexity index is 1700. The molecule has 0 aliphatic rings. The van der Waals surface area contributed by atoms with E-state index in [1.165, 1.54) is 161 Å². The second-order valence-corrected chi connectivity index (χ2v) is 23.1. The molecule has 0 saturated heterocycles. The molecule has 0 heterocycles. The van der Waals surface area contributed by atoms with Gasteiger partial charge in [0.1, 0.15) is 13.2 Å². The van der Waals surface area contributed by atoms with Crippen LogP contribution in [-0.2, 0) is 28.6 Å². The summed E-state index contributed by atoms with van der Waals surface area (Å²) in [4.78, 5) is 38.4. The Morgan fingerprint density at radius 1 is 0.253 bits per heavy atom. The largest absolute Gasteiger partial charge is 0.462 e. The normalized spacial score (nSPS) is 12.9. The maximum Gasteiger partial charge on any atom is 0.306 e. The zero-order valence-corrected chi connectivity index (χ0v) is 54.4. The van der Waals surface area contributed by atoms with Gasteiger partial charge in [0.25, 0.3) is 0 Å². The van der Waals surface area contributed by atoms with Crippen LogP contribution in [0.1, 0.15) is 329 Å². The first-order valence-corrected chi connectivity index (χ1v) is 35.0. The van der Waals surface area contributed by atoms with E-state index in [1.807, 2.05) is 0 Å². The Hall–Kier alpha value is -4.19. The number of allylic oxidation sites excluding steroid dienone is 20. The van der Waals surface area contributed by atoms with Gasteiger partial charge >= 0.3 is 17.9 Å². The summed E-state index contributed by atoms with van der Waals surface area (Å²) >= 11 is 0. The van der Waals surface area contributed by atoms with E-state index in [4.69, 9.17) is 14.2 Å². The molecule has 83 heavy (non-hydrogen) atoms. The summed E-state index contributed by atoms with van der Waals surface area (Å²) < 4.78 is 16.9. The summed E-state index contributed by atoms with van der Waals surface area (Å²) in [6.45, 7) is 6.51. The van der Waals surface area contributed by atoms with Crippen molar-refractivity contribution >= 4 is 17.9 Å². The highest BCUT2D eigenvalue weighted by atomic mass is 16.6. The van der Waals surface area contributed by atoms with Crippen LogP contribution in [0.4, 0.5) is 0 Å². The van der Waals surface area contributed by atoms with Gasteiger partial charge in [-0.05, 0) is 116 Å². The lowest BCUT2D eigenvalue weighted by molar-refractivity contribution is -0.167. The topological polar surface area (TPSA) is 78.9 Å². The predicted molar refractivity (Wildman–Crippen MR) is 362 cm³/mol. The van der Waals surface area contributed by atoms with Crippen molar-refractivity contribution in [3.05, 3.63) is 122 Å². The summed E-state index contributed by atoms with van der Waals surface area (Å²) in [6, 6.07) is 0. The minimum absolute atomic E-state index is 0.0920. The Labute approximate surface area is 513 Å². The second kappa shape index (κ2) is 70.3. The van der Waals surface area contributed by atoms with Crippen LogP contribution in [-0.4, -0.2) is 37.2 Å². The van der Waals surface area contributed by atoms with Crippen molar-refractivity contribution in [1.82, 2.24) is 0 Å². The number of ether oxygens (including phenoxy) is 3. The van der Waals surface area contributed by atoms with Crippen LogP contribution < -0.4 is 0 Å². The molecule has 0 aromatic carbocycles. The maximum atomic E-state index is 12.9. The van der Waals surface area contributed by atoms with Crippen molar-refractivity contribution in [2.45, 2.75) is 335 Å². The molecule has 0 bridgehead atoms. The fourth-order valence-electron chi connectivity index (χ4n) is 9.73. The average Bonchev–Trinajstić information content (AvgIpc) is 3.49. The van der Waals surface area contributed by atoms with Gasteiger partial charge in [-0.2, -0.15) is 0 Å². The van der Waals surface area contributed by atoms with Crippen molar-refractivity contribution < 1.29 is 28.6 Å². The van der Waals surface area contributed by atoms with Gasteiger partial charge in [0.2, 0.25) is 0 Å². The van der Waals surface area contributed by atoms with Gasteiger partial charge in [-0.25, -0.2) is 0 Å². The molecule has 0 radical (unpaired) electrons. The maximum absolute atomic E-state index is 12.9. The molecule has 0 aliphatic carbocycles. The molecular formula is C77H130O6. The van der Waals surface area contributed by atoms with Gasteiger partial charge in [-0.1, -0.05) is 316 Å². The molecule has 0 amide bonds. The van der Waals surface area contributed by atoms with E-state index >= 15 is 0 Å². The first kappa shape index (κ1) is 78.8. The first-order chi connectivity index (χ1) is 41.0. The van der Waals surface area contributed by atoms with Crippen molar-refractivity contribution in [2.75, 3.05) is 13.2 Å². The van der Waals surface area contributed by atoms with Gasteiger partial charge in [-0.3, -0.25) is 14.4 Å². The molecule has 0 rings (SSSR count). The number of carbonyl (C=O) groups excluding carboxylic acids is 3. The smallest absolute Gasteiger partial charge is 0.306 e. The highest BCUT2D eigenvalue weighted by Crippen LogP contribution is 2.17. The minimum Gasteiger partial charge on any atom is -0.462 e. The number of carbonyl (C=O) groups is 3. The minimum atomic E-state index is -0.798. The van der Waals surface area contributed by atoms with Crippen LogP contribution in [0.15, 0.2) is 122 Å². The highest BCUT2D eigenvalue weighted by Gasteiger charge is 2.19. The molecule has 0 aliphatic heterocycles. The van der Waals surface area contributed by atoms with Crippen LogP contribution in [0.3, 0.4) is 0 Å². The molecule has 474 valence electrons. The van der Waals surface area contributed by atoms with Crippen molar-refractivity contribution in [3.63, 3.8) is 0 Å². The number of unbranched alkanes of at least 4 members (excludes halogenated alkanes) is 32. The summed E-state index contributed by atoms with van der Waals surface area (Å²) in [5, 5.41) is 0. The molecular weight excluding hydrogens is 1020 g/mol. The van der Waals surface area contributed by atoms with E-state index < -0.39 is 6.10 Å². The number of hydrogen-bond donors (Lipinski definition) is 0. The van der Waals surface area contributed by atoms with E-state index in [0.717, 1.165) is 128 Å². The van der Waals surface area contributed by atoms with Gasteiger partial charge in [0, 0.05) is 19.3 Å². The summed E-state index contributed by atoms with van der Waals surface area (Å²) in [7, 11) is 0. The zero-order valence-electron chi connectivity index (χ0n) is 54.4. The monoisotopic (exact) mass is 1150 g/mol. The summed E-state index contributed by atoms with van der Waals surface area (Å²) in [6.07, 6.45) is 97.9. The Balaban J connectivity index is 4.37. The number of esters is 3. The molecule has 6 nitrogen and oxygen atoms in total. The van der Waals surface area contributed by atoms with Crippen LogP contribution >= 0.6 is 0 Å². The van der Waals surface area contributed by atoms with E-state index in [0.29, 0.717) is 19.3 Å². The third-order valence-electron chi connectivity index (χ3n) is 15.0. The van der Waals surface area contributed by atoms with Crippen LogP contribution in [0.2, 0.25) is 0 Å². The van der Waals surface area contributed by atoms with Gasteiger partial charge < -0.3 is 14.2 Å². The molecule has 1 unspecified atom stereocenters. The molecule has 0 fully saturated rings. The lowest BCUT2D eigenvalue weighted by atomic mass is 10.0. The molecule has 0 N–H and O–H groups in total. The molecule has 6 heteroatoms. The van der Waals surface area contributed by atoms with Crippen molar-refractivity contribution in [3.8, 4) is 0 Å². The van der Waals surface area contributed by atoms with Gasteiger partial charge in [-0.15, -0.1) is 0 Å². The Kier molecular flexibility index (Phi) is 66.7. The lowest BCUT2D eigenvalue weighted by Crippen LogP contribution is -2.30. The molecule has 0 aromatic heterocycles. The fourth-order valence-corrected chi connectivity index (χ4v) is 9.73. The van der Waals surface area contributed by atoms with Crippen molar-refractivity contribution in [1.29, 1.82) is 0 Å². The summed E-state index contributed by atoms with van der Waals surface area (Å²) in [5.41, 5.74) is 0. The van der Waals surface area contributed by atoms with Crippen LogP contribution in [0.5, 0.6) is 0 Å². The highest BCUT2D eigenvalue weighted by molar-refractivity contribution is 5.71. The average molecular weight is 1150 g/mol. The SMILES string of the molecule is CC/C=C\C/C=C\C/C=C\C/C=C\C/C=C\C/C=C\C/C=C\C/C=C\C/C=C\CCCCCC(=O)OCC(COC(=O)CCCCCCC/C=C\CCCCCC)OC(=O)CCCCCCCCCCCCCCCCCCCCCCC. The van der Waals surface area contributed by atoms with E-state index in [1.54, 1.807) is 0 Å². The third kappa shape index (κ3) is 68.5. The molecule has 0 aromatic rings. The standard InChI is InChI=1S/C77H130O6/c1-4-7-10-13-16-19-22-25-27-29-31-33-34-35-36-37-38-39-40-41-42-44-45-47-49-52-55-58-61-64-67-70-76(79)82-73-74(72-81-75(78)69-66-63-60-57-54-51-24-21-18-15-12-9-6-3)83-77(80)71-68-65-62-59-56-53-50-48-46-43-32-30-28-26-23-20-17-14-11-8-5-2/h7,10,16,19,21,24-25,27,31,33,35-36,38-39,41-42,45,47,52,55,74H,4-6,8-9,11-15,17-18,20,22-23,26,28-30,32,34,37,40,43-44,46,48-51,53-54,56-73H2,1-3H3/b10-7-,19-16-,24-21-,27-25-,33-31-,36-35-,39-38-,42-41-,47-45-,55-52-. The Morgan fingerprint density at radius 2 is 0.470 bits per heavy atom. The molecule has 0 saturated carbocycles. The molecule has 1 atom stereocenters. The van der Waals surface area contributed by atoms with Crippen LogP contribution in [0, 0.1) is 0 Å². The predicted octanol–water partition coefficient (Wildman–Crippen LogP) is 24.3. The third-order valence-corrected chi connectivity index (χ3v) is 15.0. The van der Waals surface area contributed by atoms with E-state index in [-0.39, 0.29) is 31.1 Å². The van der Waals surface area contributed by atoms with E-state index in [2.05, 4.69) is 142 Å². The van der Waals surface area contributed by atoms with Gasteiger partial charge in [0.05, 0.1) is 0 Å². The lowest BCUT2D eigenvalue weighted by Gasteiger charge is -2.18. The first-order valence-electron chi connectivity index (χ1n) is 35.0. The van der Waals surface area contributed by atoms with E-state index in [9.17, 15) is 14.4 Å². The quantitative estimate of drug-likeness (QED) is 0.0261. The molecule has 0 spiro atoms. The second-order valence-electron chi connectivity index (χ2n) is 23.1. The van der Waals surface area contributed by atoms with Crippen LogP contribution in [0.25, 0.3) is 0 Å². The van der Waals surface area contributed by atoms with Crippen molar-refractivity contribution in [2.24, 2.45) is 0 Å².